The van der Waals surface area contributed by atoms with Gasteiger partial charge in [-0.1, -0.05) is 18.2 Å². The van der Waals surface area contributed by atoms with E-state index < -0.39 is 10.0 Å². The van der Waals surface area contributed by atoms with Crippen molar-refractivity contribution in [2.24, 2.45) is 0 Å². The van der Waals surface area contributed by atoms with Gasteiger partial charge in [-0.2, -0.15) is 5.26 Å². The minimum absolute atomic E-state index is 0.120. The number of nitrogens with zero attached hydrogens (tertiary/aromatic N) is 2. The molecule has 1 aromatic carbocycles. The second kappa shape index (κ2) is 6.48. The Morgan fingerprint density at radius 3 is 2.57 bits per heavy atom. The SMILES string of the molecule is Cc1cccnc1CNS(=O)(=O)Cc1ccc(C#N)cc1. The van der Waals surface area contributed by atoms with E-state index in [4.69, 9.17) is 5.26 Å². The van der Waals surface area contributed by atoms with E-state index in [1.807, 2.05) is 25.1 Å². The molecule has 2 rings (SSSR count). The Hall–Kier alpha value is -2.23. The van der Waals surface area contributed by atoms with Crippen molar-refractivity contribution < 1.29 is 8.42 Å². The minimum Gasteiger partial charge on any atom is -0.260 e. The number of pyridine rings is 1. The second-order valence-corrected chi connectivity index (χ2v) is 6.46. The average Bonchev–Trinajstić information content (AvgIpc) is 2.47. The van der Waals surface area contributed by atoms with E-state index in [-0.39, 0.29) is 12.3 Å². The molecule has 0 atom stereocenters. The Balaban J connectivity index is 2.02. The third kappa shape index (κ3) is 4.38. The molecule has 0 aliphatic rings. The first-order valence-electron chi connectivity index (χ1n) is 6.37. The molecule has 0 bridgehead atoms. The van der Waals surface area contributed by atoms with Crippen LogP contribution >= 0.6 is 0 Å². The highest BCUT2D eigenvalue weighted by molar-refractivity contribution is 7.88. The van der Waals surface area contributed by atoms with Crippen LogP contribution in [0.1, 0.15) is 22.4 Å². The molecule has 0 saturated heterocycles. The van der Waals surface area contributed by atoms with Crippen LogP contribution in [-0.2, 0) is 22.3 Å². The van der Waals surface area contributed by atoms with Crippen LogP contribution in [0.2, 0.25) is 0 Å². The van der Waals surface area contributed by atoms with Crippen LogP contribution in [-0.4, -0.2) is 13.4 Å². The number of aromatic nitrogens is 1. The van der Waals surface area contributed by atoms with Crippen LogP contribution in [0.3, 0.4) is 0 Å². The summed E-state index contributed by atoms with van der Waals surface area (Å²) in [5.41, 5.74) is 2.80. The van der Waals surface area contributed by atoms with Gasteiger partial charge in [-0.25, -0.2) is 13.1 Å². The number of hydrogen-bond donors (Lipinski definition) is 1. The Bertz CT molecular complexity index is 762. The van der Waals surface area contributed by atoms with E-state index in [0.29, 0.717) is 16.8 Å². The quantitative estimate of drug-likeness (QED) is 0.914. The predicted molar refractivity (Wildman–Crippen MR) is 79.6 cm³/mol. The Kier molecular flexibility index (Phi) is 4.68. The number of aryl methyl sites for hydroxylation is 1. The van der Waals surface area contributed by atoms with E-state index in [2.05, 4.69) is 9.71 Å². The van der Waals surface area contributed by atoms with Gasteiger partial charge >= 0.3 is 0 Å². The molecular weight excluding hydrogens is 286 g/mol. The maximum Gasteiger partial charge on any atom is 0.216 e. The molecule has 2 aromatic rings. The molecule has 0 unspecified atom stereocenters. The monoisotopic (exact) mass is 301 g/mol. The Morgan fingerprint density at radius 1 is 1.24 bits per heavy atom. The molecule has 0 aliphatic carbocycles. The first-order chi connectivity index (χ1) is 10.00. The van der Waals surface area contributed by atoms with E-state index in [1.165, 1.54) is 0 Å². The smallest absolute Gasteiger partial charge is 0.216 e. The normalized spacial score (nSPS) is 11.0. The molecule has 1 heterocycles. The van der Waals surface area contributed by atoms with Crippen molar-refractivity contribution in [3.63, 3.8) is 0 Å². The molecule has 108 valence electrons. The van der Waals surface area contributed by atoms with Crippen LogP contribution in [0.5, 0.6) is 0 Å². The molecule has 0 aliphatic heterocycles. The lowest BCUT2D eigenvalue weighted by atomic mass is 10.2. The van der Waals surface area contributed by atoms with Gasteiger partial charge in [0.1, 0.15) is 0 Å². The fraction of sp³-hybridized carbons (Fsp3) is 0.200. The summed E-state index contributed by atoms with van der Waals surface area (Å²) in [5.74, 6) is -0.120. The number of nitriles is 1. The molecule has 0 fully saturated rings. The van der Waals surface area contributed by atoms with E-state index in [0.717, 1.165) is 5.56 Å². The maximum absolute atomic E-state index is 12.0. The molecule has 0 saturated carbocycles. The van der Waals surface area contributed by atoms with E-state index in [1.54, 1.807) is 30.5 Å². The van der Waals surface area contributed by atoms with Crippen molar-refractivity contribution in [3.05, 3.63) is 65.0 Å². The van der Waals surface area contributed by atoms with Gasteiger partial charge < -0.3 is 0 Å². The second-order valence-electron chi connectivity index (χ2n) is 4.66. The number of hydrogen-bond acceptors (Lipinski definition) is 4. The zero-order valence-corrected chi connectivity index (χ0v) is 12.4. The van der Waals surface area contributed by atoms with Crippen molar-refractivity contribution in [2.75, 3.05) is 0 Å². The van der Waals surface area contributed by atoms with Crippen molar-refractivity contribution >= 4 is 10.0 Å². The van der Waals surface area contributed by atoms with Crippen molar-refractivity contribution in [2.45, 2.75) is 19.2 Å². The third-order valence-corrected chi connectivity index (χ3v) is 4.31. The van der Waals surface area contributed by atoms with E-state index >= 15 is 0 Å². The Labute approximate surface area is 124 Å². The molecule has 0 amide bonds. The molecule has 1 aromatic heterocycles. The maximum atomic E-state index is 12.0. The molecule has 21 heavy (non-hydrogen) atoms. The van der Waals surface area contributed by atoms with Gasteiger partial charge in [0.25, 0.3) is 0 Å². The van der Waals surface area contributed by atoms with Gasteiger partial charge in [-0.3, -0.25) is 4.98 Å². The first kappa shape index (κ1) is 15.2. The Morgan fingerprint density at radius 2 is 1.95 bits per heavy atom. The summed E-state index contributed by atoms with van der Waals surface area (Å²) in [6.07, 6.45) is 1.64. The molecule has 1 N–H and O–H groups in total. The fourth-order valence-electron chi connectivity index (χ4n) is 1.83. The minimum atomic E-state index is -3.44. The van der Waals surface area contributed by atoms with Gasteiger partial charge in [-0.15, -0.1) is 0 Å². The number of nitrogens with one attached hydrogen (secondary N) is 1. The van der Waals surface area contributed by atoms with Gasteiger partial charge in [-0.05, 0) is 36.2 Å². The van der Waals surface area contributed by atoms with Crippen molar-refractivity contribution in [1.29, 1.82) is 5.26 Å². The fourth-order valence-corrected chi connectivity index (χ4v) is 2.92. The van der Waals surface area contributed by atoms with Crippen molar-refractivity contribution in [3.8, 4) is 6.07 Å². The van der Waals surface area contributed by atoms with Crippen LogP contribution in [0.15, 0.2) is 42.6 Å². The highest BCUT2D eigenvalue weighted by Gasteiger charge is 2.12. The third-order valence-electron chi connectivity index (χ3n) is 3.02. The molecular formula is C15H15N3O2S. The molecule has 6 heteroatoms. The zero-order chi connectivity index (χ0) is 15.3. The van der Waals surface area contributed by atoms with Gasteiger partial charge in [0, 0.05) is 6.20 Å². The van der Waals surface area contributed by atoms with Gasteiger partial charge in [0.15, 0.2) is 0 Å². The number of rotatable bonds is 5. The predicted octanol–water partition coefficient (Wildman–Crippen LogP) is 1.88. The molecule has 5 nitrogen and oxygen atoms in total. The summed E-state index contributed by atoms with van der Waals surface area (Å²) in [6.45, 7) is 2.06. The summed E-state index contributed by atoms with van der Waals surface area (Å²) in [6, 6.07) is 12.2. The van der Waals surface area contributed by atoms with Crippen LogP contribution in [0.25, 0.3) is 0 Å². The number of benzene rings is 1. The lowest BCUT2D eigenvalue weighted by molar-refractivity contribution is 0.579. The first-order valence-corrected chi connectivity index (χ1v) is 8.02. The number of sulfonamides is 1. The zero-order valence-electron chi connectivity index (χ0n) is 11.6. The van der Waals surface area contributed by atoms with Gasteiger partial charge in [0.2, 0.25) is 10.0 Å². The topological polar surface area (TPSA) is 82.8 Å². The standard InChI is InChI=1S/C15H15N3O2S/c1-12-3-2-8-17-15(12)10-18-21(19,20)11-14-6-4-13(9-16)5-7-14/h2-8,18H,10-11H2,1H3. The summed E-state index contributed by atoms with van der Waals surface area (Å²) in [5, 5.41) is 8.71. The lowest BCUT2D eigenvalue weighted by Crippen LogP contribution is -2.25. The van der Waals surface area contributed by atoms with Crippen LogP contribution in [0.4, 0.5) is 0 Å². The highest BCUT2D eigenvalue weighted by atomic mass is 32.2. The molecule has 0 radical (unpaired) electrons. The largest absolute Gasteiger partial charge is 0.260 e. The van der Waals surface area contributed by atoms with E-state index in [9.17, 15) is 8.42 Å². The van der Waals surface area contributed by atoms with Crippen molar-refractivity contribution in [1.82, 2.24) is 9.71 Å². The summed E-state index contributed by atoms with van der Waals surface area (Å²) in [7, 11) is -3.44. The van der Waals surface area contributed by atoms with Crippen LogP contribution in [0, 0.1) is 18.3 Å². The lowest BCUT2D eigenvalue weighted by Gasteiger charge is -2.08. The molecule has 0 spiro atoms. The van der Waals surface area contributed by atoms with Gasteiger partial charge in [0.05, 0.1) is 29.6 Å². The summed E-state index contributed by atoms with van der Waals surface area (Å²) in [4.78, 5) is 4.15. The van der Waals surface area contributed by atoms with Crippen LogP contribution < -0.4 is 4.72 Å². The highest BCUT2D eigenvalue weighted by Crippen LogP contribution is 2.08. The summed E-state index contributed by atoms with van der Waals surface area (Å²) >= 11 is 0. The average molecular weight is 301 g/mol. The summed E-state index contributed by atoms with van der Waals surface area (Å²) < 4.78 is 26.6.